The van der Waals surface area contributed by atoms with Gasteiger partial charge in [-0.05, 0) is 54.8 Å². The summed E-state index contributed by atoms with van der Waals surface area (Å²) >= 11 is 0. The van der Waals surface area contributed by atoms with Crippen LogP contribution < -0.4 is 15.0 Å². The number of carbonyl (C=O) groups is 3. The van der Waals surface area contributed by atoms with Crippen molar-refractivity contribution in [2.24, 2.45) is 0 Å². The minimum atomic E-state index is -0.917. The first kappa shape index (κ1) is 23.6. The number of imide groups is 1. The van der Waals surface area contributed by atoms with Gasteiger partial charge in [-0.15, -0.1) is 0 Å². The van der Waals surface area contributed by atoms with Gasteiger partial charge in [0.05, 0.1) is 18.2 Å². The summed E-state index contributed by atoms with van der Waals surface area (Å²) in [5.41, 5.74) is 2.71. The number of rotatable bonds is 7. The Hall–Kier alpha value is -4.13. The molecule has 5 rings (SSSR count). The van der Waals surface area contributed by atoms with Crippen LogP contribution in [0, 0.1) is 0 Å². The summed E-state index contributed by atoms with van der Waals surface area (Å²) in [6.07, 6.45) is 1.82. The van der Waals surface area contributed by atoms with Crippen LogP contribution >= 0.6 is 0 Å². The van der Waals surface area contributed by atoms with Crippen molar-refractivity contribution in [3.05, 3.63) is 95.6 Å². The van der Waals surface area contributed by atoms with Crippen LogP contribution in [0.15, 0.2) is 78.9 Å². The number of benzene rings is 3. The van der Waals surface area contributed by atoms with Crippen LogP contribution in [0.5, 0.6) is 5.75 Å². The molecule has 2 aliphatic rings. The largest absolute Gasteiger partial charge is 0.497 e. The number of fused-ring (bicyclic) bond motifs is 1. The molecule has 36 heavy (non-hydrogen) atoms. The Morgan fingerprint density at radius 2 is 1.47 bits per heavy atom. The smallest absolute Gasteiger partial charge is 0.262 e. The highest BCUT2D eigenvalue weighted by Crippen LogP contribution is 2.27. The van der Waals surface area contributed by atoms with Crippen LogP contribution in [0.2, 0.25) is 0 Å². The molecular weight excluding hydrogens is 454 g/mol. The molecule has 0 radical (unpaired) electrons. The van der Waals surface area contributed by atoms with Gasteiger partial charge in [-0.2, -0.15) is 0 Å². The molecule has 1 unspecified atom stereocenters. The zero-order valence-electron chi connectivity index (χ0n) is 20.2. The molecule has 0 bridgehead atoms. The van der Waals surface area contributed by atoms with Gasteiger partial charge < -0.3 is 15.0 Å². The zero-order chi connectivity index (χ0) is 25.1. The number of hydrogen-bond donors (Lipinski definition) is 1. The number of hydrogen-bond acceptors (Lipinski definition) is 5. The number of amides is 3. The molecule has 3 aromatic carbocycles. The lowest BCUT2D eigenvalue weighted by Gasteiger charge is -2.35. The van der Waals surface area contributed by atoms with Gasteiger partial charge in [-0.1, -0.05) is 42.5 Å². The van der Waals surface area contributed by atoms with Crippen LogP contribution in [0.25, 0.3) is 0 Å². The Bertz CT molecular complexity index is 1220. The number of anilines is 1. The van der Waals surface area contributed by atoms with Crippen molar-refractivity contribution in [3.8, 4) is 5.75 Å². The van der Waals surface area contributed by atoms with E-state index in [0.29, 0.717) is 11.1 Å². The maximum atomic E-state index is 13.6. The molecule has 184 valence electrons. The third-order valence-electron chi connectivity index (χ3n) is 6.99. The maximum absolute atomic E-state index is 13.6. The summed E-state index contributed by atoms with van der Waals surface area (Å²) < 4.78 is 5.24. The summed E-state index contributed by atoms with van der Waals surface area (Å²) in [7, 11) is 1.65. The van der Waals surface area contributed by atoms with Crippen molar-refractivity contribution in [2.75, 3.05) is 25.1 Å². The van der Waals surface area contributed by atoms with Crippen molar-refractivity contribution in [1.82, 2.24) is 10.2 Å². The molecule has 1 N–H and O–H groups in total. The van der Waals surface area contributed by atoms with Crippen molar-refractivity contribution in [2.45, 2.75) is 31.3 Å². The van der Waals surface area contributed by atoms with Gasteiger partial charge in [0, 0.05) is 31.2 Å². The molecule has 3 amide bonds. The molecular formula is C29H29N3O4. The first-order valence-electron chi connectivity index (χ1n) is 12.3. The van der Waals surface area contributed by atoms with Crippen LogP contribution in [0.4, 0.5) is 5.69 Å². The van der Waals surface area contributed by atoms with Gasteiger partial charge in [-0.25, -0.2) is 0 Å². The molecule has 3 aromatic rings. The Morgan fingerprint density at radius 1 is 0.889 bits per heavy atom. The third kappa shape index (κ3) is 4.69. The lowest BCUT2D eigenvalue weighted by Crippen LogP contribution is -2.54. The molecule has 1 saturated heterocycles. The van der Waals surface area contributed by atoms with E-state index in [1.165, 1.54) is 0 Å². The van der Waals surface area contributed by atoms with E-state index in [1.54, 1.807) is 31.4 Å². The van der Waals surface area contributed by atoms with E-state index in [2.05, 4.69) is 10.2 Å². The van der Waals surface area contributed by atoms with E-state index in [4.69, 9.17) is 4.74 Å². The van der Waals surface area contributed by atoms with E-state index in [0.717, 1.165) is 47.8 Å². The molecule has 0 aliphatic carbocycles. The molecule has 7 nitrogen and oxygen atoms in total. The van der Waals surface area contributed by atoms with E-state index in [1.807, 2.05) is 54.6 Å². The van der Waals surface area contributed by atoms with Gasteiger partial charge >= 0.3 is 0 Å². The SMILES string of the molecule is COc1ccc(N2CCC(NC(=O)C(Cc3ccccc3)N3C(=O)c4ccccc4C3=O)CC2)cc1. The molecule has 2 heterocycles. The van der Waals surface area contributed by atoms with Crippen LogP contribution in [-0.4, -0.2) is 54.9 Å². The fraction of sp³-hybridized carbons (Fsp3) is 0.276. The maximum Gasteiger partial charge on any atom is 0.262 e. The third-order valence-corrected chi connectivity index (χ3v) is 6.99. The van der Waals surface area contributed by atoms with E-state index in [9.17, 15) is 14.4 Å². The first-order chi connectivity index (χ1) is 17.5. The second-order valence-corrected chi connectivity index (χ2v) is 9.20. The summed E-state index contributed by atoms with van der Waals surface area (Å²) in [6, 6.07) is 23.3. The Morgan fingerprint density at radius 3 is 2.06 bits per heavy atom. The topological polar surface area (TPSA) is 79.0 Å². The highest BCUT2D eigenvalue weighted by molar-refractivity contribution is 6.22. The summed E-state index contributed by atoms with van der Waals surface area (Å²) in [4.78, 5) is 43.4. The van der Waals surface area contributed by atoms with E-state index in [-0.39, 0.29) is 18.4 Å². The number of methoxy groups -OCH3 is 1. The highest BCUT2D eigenvalue weighted by atomic mass is 16.5. The Balaban J connectivity index is 1.29. The first-order valence-corrected chi connectivity index (χ1v) is 12.3. The molecule has 0 saturated carbocycles. The van der Waals surface area contributed by atoms with Gasteiger partial charge in [0.1, 0.15) is 11.8 Å². The molecule has 1 atom stereocenters. The van der Waals surface area contributed by atoms with Crippen LogP contribution in [0.3, 0.4) is 0 Å². The lowest BCUT2D eigenvalue weighted by molar-refractivity contribution is -0.125. The van der Waals surface area contributed by atoms with Gasteiger partial charge in [0.25, 0.3) is 11.8 Å². The quantitative estimate of drug-likeness (QED) is 0.519. The summed E-state index contributed by atoms with van der Waals surface area (Å²) in [6.45, 7) is 1.60. The van der Waals surface area contributed by atoms with Crippen molar-refractivity contribution in [1.29, 1.82) is 0 Å². The zero-order valence-corrected chi connectivity index (χ0v) is 20.2. The van der Waals surface area contributed by atoms with Crippen LogP contribution in [0.1, 0.15) is 39.1 Å². The Labute approximate surface area is 210 Å². The highest BCUT2D eigenvalue weighted by Gasteiger charge is 2.43. The molecule has 0 spiro atoms. The Kier molecular flexibility index (Phi) is 6.71. The normalized spacial score (nSPS) is 16.6. The second kappa shape index (κ2) is 10.2. The van der Waals surface area contributed by atoms with E-state index < -0.39 is 17.9 Å². The number of nitrogens with one attached hydrogen (secondary N) is 1. The molecule has 0 aromatic heterocycles. The average Bonchev–Trinajstić information content (AvgIpc) is 3.18. The molecule has 2 aliphatic heterocycles. The molecule has 1 fully saturated rings. The summed E-state index contributed by atoms with van der Waals surface area (Å²) in [5, 5.41) is 3.14. The monoisotopic (exact) mass is 483 g/mol. The number of piperidine rings is 1. The standard InChI is InChI=1S/C29H29N3O4/c1-36-23-13-11-22(12-14-23)31-17-15-21(16-18-31)30-27(33)26(19-20-7-3-2-4-8-20)32-28(34)24-9-5-6-10-25(24)29(32)35/h2-14,21,26H,15-19H2,1H3,(H,30,33). The fourth-order valence-corrected chi connectivity index (χ4v) is 5.00. The van der Waals surface area contributed by atoms with Gasteiger partial charge in [-0.3, -0.25) is 19.3 Å². The molecule has 7 heteroatoms. The number of ether oxygens (including phenoxy) is 1. The van der Waals surface area contributed by atoms with Crippen LogP contribution in [-0.2, 0) is 11.2 Å². The fourth-order valence-electron chi connectivity index (χ4n) is 5.00. The minimum absolute atomic E-state index is 0.0274. The van der Waals surface area contributed by atoms with Gasteiger partial charge in [0.15, 0.2) is 0 Å². The van der Waals surface area contributed by atoms with Crippen molar-refractivity contribution >= 4 is 23.4 Å². The van der Waals surface area contributed by atoms with E-state index >= 15 is 0 Å². The lowest BCUT2D eigenvalue weighted by atomic mass is 10.0. The minimum Gasteiger partial charge on any atom is -0.497 e. The predicted octanol–water partition coefficient (Wildman–Crippen LogP) is 3.69. The average molecular weight is 484 g/mol. The summed E-state index contributed by atoms with van der Waals surface area (Å²) in [5.74, 6) is -0.309. The van der Waals surface area contributed by atoms with Crippen molar-refractivity contribution in [3.63, 3.8) is 0 Å². The number of nitrogens with zero attached hydrogens (tertiary/aromatic N) is 2. The number of carbonyl (C=O) groups excluding carboxylic acids is 3. The van der Waals surface area contributed by atoms with Gasteiger partial charge in [0.2, 0.25) is 5.91 Å². The predicted molar refractivity (Wildman–Crippen MR) is 137 cm³/mol. The van der Waals surface area contributed by atoms with Crippen molar-refractivity contribution < 1.29 is 19.1 Å². The second-order valence-electron chi connectivity index (χ2n) is 9.20.